The first-order valence-electron chi connectivity index (χ1n) is 7.60. The van der Waals surface area contributed by atoms with Crippen molar-refractivity contribution >= 4 is 0 Å². The van der Waals surface area contributed by atoms with E-state index in [9.17, 15) is 0 Å². The van der Waals surface area contributed by atoms with E-state index in [1.165, 1.54) is 17.5 Å². The van der Waals surface area contributed by atoms with Crippen LogP contribution in [0.5, 0.6) is 5.75 Å². The first-order valence-corrected chi connectivity index (χ1v) is 7.60. The normalized spacial score (nSPS) is 17.4. The smallest absolute Gasteiger partial charge is 0.128 e. The van der Waals surface area contributed by atoms with E-state index in [2.05, 4.69) is 29.2 Å². The Morgan fingerprint density at radius 1 is 1.29 bits per heavy atom. The summed E-state index contributed by atoms with van der Waals surface area (Å²) in [6.45, 7) is 4.45. The molecule has 1 aliphatic rings. The number of aryl methyl sites for hydroxylation is 3. The number of benzene rings is 1. The third-order valence-corrected chi connectivity index (χ3v) is 4.21. The van der Waals surface area contributed by atoms with Crippen molar-refractivity contribution in [3.05, 3.63) is 58.4 Å². The fraction of sp³-hybridized carbons (Fsp3) is 0.389. The van der Waals surface area contributed by atoms with Gasteiger partial charge in [-0.3, -0.25) is 4.98 Å². The minimum absolute atomic E-state index is 0.126. The number of hydrogen-bond donors (Lipinski definition) is 1. The van der Waals surface area contributed by atoms with Crippen molar-refractivity contribution in [2.45, 2.75) is 45.8 Å². The van der Waals surface area contributed by atoms with Crippen LogP contribution in [-0.2, 0) is 13.0 Å². The molecule has 0 spiro atoms. The molecule has 3 heteroatoms. The lowest BCUT2D eigenvalue weighted by Crippen LogP contribution is -2.17. The molecule has 0 bridgehead atoms. The highest BCUT2D eigenvalue weighted by Crippen LogP contribution is 2.35. The van der Waals surface area contributed by atoms with Gasteiger partial charge in [0.25, 0.3) is 0 Å². The molecule has 3 rings (SSSR count). The Labute approximate surface area is 126 Å². The summed E-state index contributed by atoms with van der Waals surface area (Å²) in [7, 11) is 0. The van der Waals surface area contributed by atoms with Crippen LogP contribution in [0.25, 0.3) is 0 Å². The Kier molecular flexibility index (Phi) is 3.93. The van der Waals surface area contributed by atoms with Crippen molar-refractivity contribution in [3.8, 4) is 5.75 Å². The second-order valence-electron chi connectivity index (χ2n) is 5.73. The number of nitrogens with zero attached hydrogens (tertiary/aromatic N) is 1. The molecule has 1 aromatic heterocycles. The summed E-state index contributed by atoms with van der Waals surface area (Å²) < 4.78 is 6.35. The number of rotatable bonds is 3. The van der Waals surface area contributed by atoms with Gasteiger partial charge in [-0.2, -0.15) is 0 Å². The Morgan fingerprint density at radius 2 is 2.10 bits per heavy atom. The summed E-state index contributed by atoms with van der Waals surface area (Å²) >= 11 is 0. The van der Waals surface area contributed by atoms with E-state index >= 15 is 0 Å². The molecule has 2 N–H and O–H groups in total. The van der Waals surface area contributed by atoms with E-state index in [-0.39, 0.29) is 6.10 Å². The molecule has 2 aromatic rings. The van der Waals surface area contributed by atoms with Gasteiger partial charge in [0.15, 0.2) is 0 Å². The Bertz CT molecular complexity index is 652. The summed E-state index contributed by atoms with van der Waals surface area (Å²) in [6, 6.07) is 10.6. The molecule has 1 aromatic carbocycles. The van der Waals surface area contributed by atoms with Gasteiger partial charge in [-0.15, -0.1) is 0 Å². The maximum Gasteiger partial charge on any atom is 0.128 e. The van der Waals surface area contributed by atoms with Crippen LogP contribution in [0.1, 0.15) is 47.0 Å². The molecular weight excluding hydrogens is 260 g/mol. The zero-order valence-electron chi connectivity index (χ0n) is 12.7. The average molecular weight is 282 g/mol. The first-order chi connectivity index (χ1) is 10.2. The van der Waals surface area contributed by atoms with Gasteiger partial charge in [0, 0.05) is 29.6 Å². The zero-order valence-corrected chi connectivity index (χ0v) is 12.7. The van der Waals surface area contributed by atoms with Crippen LogP contribution in [-0.4, -0.2) is 4.98 Å². The molecule has 21 heavy (non-hydrogen) atoms. The quantitative estimate of drug-likeness (QED) is 0.935. The molecular formula is C18H22N2O. The van der Waals surface area contributed by atoms with Crippen LogP contribution < -0.4 is 10.5 Å². The SMILES string of the molecule is Cc1cc(OC2CCCc3ccccc32)c(CN)c(C)n1. The molecule has 1 aliphatic carbocycles. The van der Waals surface area contributed by atoms with Gasteiger partial charge in [-0.05, 0) is 44.2 Å². The highest BCUT2D eigenvalue weighted by molar-refractivity contribution is 5.39. The fourth-order valence-electron chi connectivity index (χ4n) is 3.16. The number of nitrogens with two attached hydrogens (primary N) is 1. The summed E-state index contributed by atoms with van der Waals surface area (Å²) in [5.41, 5.74) is 11.6. The van der Waals surface area contributed by atoms with Crippen molar-refractivity contribution in [1.29, 1.82) is 0 Å². The van der Waals surface area contributed by atoms with Crippen molar-refractivity contribution in [1.82, 2.24) is 4.98 Å². The molecule has 0 amide bonds. The molecule has 0 radical (unpaired) electrons. The van der Waals surface area contributed by atoms with Crippen LogP contribution in [0.3, 0.4) is 0 Å². The summed E-state index contributed by atoms with van der Waals surface area (Å²) in [5.74, 6) is 0.893. The summed E-state index contributed by atoms with van der Waals surface area (Å²) in [4.78, 5) is 4.48. The minimum atomic E-state index is 0.126. The maximum atomic E-state index is 6.35. The molecule has 3 nitrogen and oxygen atoms in total. The van der Waals surface area contributed by atoms with E-state index in [0.717, 1.165) is 35.5 Å². The van der Waals surface area contributed by atoms with Crippen molar-refractivity contribution in [2.75, 3.05) is 0 Å². The lowest BCUT2D eigenvalue weighted by atomic mass is 9.89. The van der Waals surface area contributed by atoms with Gasteiger partial charge < -0.3 is 10.5 Å². The van der Waals surface area contributed by atoms with Crippen LogP contribution in [0, 0.1) is 13.8 Å². The van der Waals surface area contributed by atoms with Gasteiger partial charge >= 0.3 is 0 Å². The summed E-state index contributed by atoms with van der Waals surface area (Å²) in [6.07, 6.45) is 3.50. The number of aromatic nitrogens is 1. The highest BCUT2D eigenvalue weighted by atomic mass is 16.5. The van der Waals surface area contributed by atoms with Crippen molar-refractivity contribution in [3.63, 3.8) is 0 Å². The molecule has 1 unspecified atom stereocenters. The third-order valence-electron chi connectivity index (χ3n) is 4.21. The van der Waals surface area contributed by atoms with Crippen molar-refractivity contribution in [2.24, 2.45) is 5.73 Å². The minimum Gasteiger partial charge on any atom is -0.485 e. The maximum absolute atomic E-state index is 6.35. The van der Waals surface area contributed by atoms with Gasteiger partial charge in [0.05, 0.1) is 0 Å². The Hall–Kier alpha value is -1.87. The van der Waals surface area contributed by atoms with Crippen molar-refractivity contribution < 1.29 is 4.74 Å². The predicted molar refractivity (Wildman–Crippen MR) is 84.4 cm³/mol. The van der Waals surface area contributed by atoms with E-state index in [1.807, 2.05) is 19.9 Å². The number of fused-ring (bicyclic) bond motifs is 1. The number of pyridine rings is 1. The lowest BCUT2D eigenvalue weighted by Gasteiger charge is -2.27. The number of ether oxygens (including phenoxy) is 1. The molecule has 0 fully saturated rings. The van der Waals surface area contributed by atoms with Crippen LogP contribution >= 0.6 is 0 Å². The predicted octanol–water partition coefficient (Wildman–Crippen LogP) is 3.61. The molecule has 0 saturated heterocycles. The zero-order chi connectivity index (χ0) is 14.8. The van der Waals surface area contributed by atoms with Crippen LogP contribution in [0.4, 0.5) is 0 Å². The average Bonchev–Trinajstić information content (AvgIpc) is 2.47. The first kappa shape index (κ1) is 14.1. The fourth-order valence-corrected chi connectivity index (χ4v) is 3.16. The number of hydrogen-bond acceptors (Lipinski definition) is 3. The van der Waals surface area contributed by atoms with Gasteiger partial charge in [0.1, 0.15) is 11.9 Å². The molecule has 110 valence electrons. The van der Waals surface area contributed by atoms with Gasteiger partial charge in [0.2, 0.25) is 0 Å². The second-order valence-corrected chi connectivity index (χ2v) is 5.73. The molecule has 1 atom stereocenters. The van der Waals surface area contributed by atoms with E-state index < -0.39 is 0 Å². The molecule has 0 saturated carbocycles. The topological polar surface area (TPSA) is 48.1 Å². The lowest BCUT2D eigenvalue weighted by molar-refractivity contribution is 0.181. The second kappa shape index (κ2) is 5.86. The van der Waals surface area contributed by atoms with E-state index in [4.69, 9.17) is 10.5 Å². The molecule has 1 heterocycles. The summed E-state index contributed by atoms with van der Waals surface area (Å²) in [5, 5.41) is 0. The van der Waals surface area contributed by atoms with E-state index in [0.29, 0.717) is 6.54 Å². The highest BCUT2D eigenvalue weighted by Gasteiger charge is 2.22. The van der Waals surface area contributed by atoms with E-state index in [1.54, 1.807) is 0 Å². The monoisotopic (exact) mass is 282 g/mol. The molecule has 0 aliphatic heterocycles. The van der Waals surface area contributed by atoms with Crippen LogP contribution in [0.2, 0.25) is 0 Å². The Morgan fingerprint density at radius 3 is 2.90 bits per heavy atom. The Balaban J connectivity index is 1.95. The van der Waals surface area contributed by atoms with Gasteiger partial charge in [-0.1, -0.05) is 24.3 Å². The van der Waals surface area contributed by atoms with Crippen LogP contribution in [0.15, 0.2) is 30.3 Å². The van der Waals surface area contributed by atoms with Gasteiger partial charge in [-0.25, -0.2) is 0 Å². The standard InChI is InChI=1S/C18H22N2O/c1-12-10-18(16(11-19)13(2)20-12)21-17-9-5-7-14-6-3-4-8-15(14)17/h3-4,6,8,10,17H,5,7,9,11,19H2,1-2H3. The third kappa shape index (κ3) is 2.79. The largest absolute Gasteiger partial charge is 0.485 e.